The van der Waals surface area contributed by atoms with E-state index in [1.165, 1.54) is 11.1 Å². The molecule has 0 saturated carbocycles. The molecule has 34 heavy (non-hydrogen) atoms. The van der Waals surface area contributed by atoms with Crippen molar-refractivity contribution in [3.63, 3.8) is 0 Å². The Balaban J connectivity index is 1.42. The lowest BCUT2D eigenvalue weighted by atomic mass is 9.80. The first-order valence-electron chi connectivity index (χ1n) is 12.9. The average molecular weight is 462 g/mol. The van der Waals surface area contributed by atoms with Crippen LogP contribution in [-0.4, -0.2) is 59.4 Å². The number of piperidine rings is 1. The number of nitrogens with zero attached hydrogens (tertiary/aromatic N) is 2. The second-order valence-electron chi connectivity index (χ2n) is 10.3. The fraction of sp³-hybridized carbons (Fsp3) is 0.517. The van der Waals surface area contributed by atoms with E-state index in [-0.39, 0.29) is 11.8 Å². The van der Waals surface area contributed by atoms with Crippen LogP contribution in [0.3, 0.4) is 0 Å². The number of amides is 2. The van der Waals surface area contributed by atoms with Crippen molar-refractivity contribution in [3.05, 3.63) is 71.8 Å². The topological polar surface area (TPSA) is 52.7 Å². The van der Waals surface area contributed by atoms with E-state index >= 15 is 0 Å². The highest BCUT2D eigenvalue weighted by Crippen LogP contribution is 2.34. The lowest BCUT2D eigenvalue weighted by Crippen LogP contribution is -2.73. The smallest absolute Gasteiger partial charge is 0.246 e. The Morgan fingerprint density at radius 2 is 1.47 bits per heavy atom. The van der Waals surface area contributed by atoms with Crippen LogP contribution >= 0.6 is 0 Å². The first kappa shape index (κ1) is 24.5. The zero-order valence-corrected chi connectivity index (χ0v) is 20.7. The third-order valence-corrected chi connectivity index (χ3v) is 7.45. The average Bonchev–Trinajstić information content (AvgIpc) is 2.85. The highest BCUT2D eigenvalue weighted by atomic mass is 16.2. The van der Waals surface area contributed by atoms with Crippen molar-refractivity contribution in [2.45, 2.75) is 64.0 Å². The third-order valence-electron chi connectivity index (χ3n) is 7.45. The molecule has 1 N–H and O–H groups in total. The second kappa shape index (κ2) is 11.2. The molecular formula is C29H39N3O2. The van der Waals surface area contributed by atoms with Crippen molar-refractivity contribution in [3.8, 4) is 0 Å². The van der Waals surface area contributed by atoms with Crippen LogP contribution in [0.4, 0.5) is 0 Å². The van der Waals surface area contributed by atoms with E-state index in [2.05, 4.69) is 66.5 Å². The van der Waals surface area contributed by atoms with Crippen molar-refractivity contribution >= 4 is 11.8 Å². The summed E-state index contributed by atoms with van der Waals surface area (Å²) in [7, 11) is 0. The van der Waals surface area contributed by atoms with Crippen LogP contribution in [0.15, 0.2) is 60.7 Å². The maximum atomic E-state index is 13.6. The number of hydrogen-bond acceptors (Lipinski definition) is 3. The van der Waals surface area contributed by atoms with Gasteiger partial charge in [0.2, 0.25) is 11.8 Å². The highest BCUT2D eigenvalue weighted by Gasteiger charge is 2.53. The summed E-state index contributed by atoms with van der Waals surface area (Å²) < 4.78 is 0. The van der Waals surface area contributed by atoms with Crippen molar-refractivity contribution in [1.82, 2.24) is 15.1 Å². The Bertz CT molecular complexity index is 936. The summed E-state index contributed by atoms with van der Waals surface area (Å²) in [5.74, 6) is 0.502. The number of carbonyl (C=O) groups excluding carboxylic acids is 2. The van der Waals surface area contributed by atoms with E-state index in [1.807, 2.05) is 23.1 Å². The molecule has 0 aliphatic carbocycles. The molecule has 2 amide bonds. The van der Waals surface area contributed by atoms with E-state index in [0.29, 0.717) is 31.7 Å². The Labute approximate surface area is 204 Å². The summed E-state index contributed by atoms with van der Waals surface area (Å²) in [6.45, 7) is 7.54. The second-order valence-corrected chi connectivity index (χ2v) is 10.3. The fourth-order valence-corrected chi connectivity index (χ4v) is 5.51. The van der Waals surface area contributed by atoms with Gasteiger partial charge in [0.15, 0.2) is 0 Å². The first-order valence-corrected chi connectivity index (χ1v) is 12.9. The molecule has 2 fully saturated rings. The summed E-state index contributed by atoms with van der Waals surface area (Å²) >= 11 is 0. The van der Waals surface area contributed by atoms with Crippen LogP contribution in [-0.2, 0) is 22.4 Å². The lowest BCUT2D eigenvalue weighted by molar-refractivity contribution is -0.161. The van der Waals surface area contributed by atoms with Gasteiger partial charge in [-0.25, -0.2) is 0 Å². The Morgan fingerprint density at radius 3 is 2.06 bits per heavy atom. The number of carbonyl (C=O) groups is 2. The molecule has 1 unspecified atom stereocenters. The van der Waals surface area contributed by atoms with Crippen LogP contribution in [0.25, 0.3) is 0 Å². The van der Waals surface area contributed by atoms with Gasteiger partial charge >= 0.3 is 0 Å². The molecular weight excluding hydrogens is 422 g/mol. The Morgan fingerprint density at radius 1 is 0.882 bits per heavy atom. The summed E-state index contributed by atoms with van der Waals surface area (Å²) in [6.07, 6.45) is 5.06. The molecule has 2 aliphatic rings. The minimum Gasteiger partial charge on any atom is -0.342 e. The number of likely N-dealkylation sites (tertiary alicyclic amines) is 1. The van der Waals surface area contributed by atoms with Gasteiger partial charge in [0, 0.05) is 19.6 Å². The molecule has 2 aromatic carbocycles. The lowest BCUT2D eigenvalue weighted by Gasteiger charge is -2.52. The van der Waals surface area contributed by atoms with Gasteiger partial charge in [-0.2, -0.15) is 0 Å². The summed E-state index contributed by atoms with van der Waals surface area (Å²) in [4.78, 5) is 31.5. The van der Waals surface area contributed by atoms with E-state index in [1.54, 1.807) is 0 Å². The minimum absolute atomic E-state index is 0.0507. The monoisotopic (exact) mass is 461 g/mol. The maximum Gasteiger partial charge on any atom is 0.246 e. The molecule has 0 bridgehead atoms. The number of nitrogens with one attached hydrogen (secondary N) is 1. The first-order chi connectivity index (χ1) is 16.5. The van der Waals surface area contributed by atoms with Crippen molar-refractivity contribution in [2.24, 2.45) is 5.92 Å². The van der Waals surface area contributed by atoms with E-state index < -0.39 is 11.6 Å². The van der Waals surface area contributed by atoms with Gasteiger partial charge in [-0.05, 0) is 62.1 Å². The molecule has 2 aliphatic heterocycles. The molecule has 1 spiro atoms. The quantitative estimate of drug-likeness (QED) is 0.613. The molecule has 2 saturated heterocycles. The normalized spacial score (nSPS) is 20.7. The van der Waals surface area contributed by atoms with Gasteiger partial charge in [-0.1, -0.05) is 74.5 Å². The van der Waals surface area contributed by atoms with Crippen molar-refractivity contribution in [1.29, 1.82) is 0 Å². The number of piperazine rings is 1. The zero-order chi connectivity index (χ0) is 24.0. The van der Waals surface area contributed by atoms with Gasteiger partial charge < -0.3 is 15.1 Å². The van der Waals surface area contributed by atoms with Gasteiger partial charge in [0.25, 0.3) is 0 Å². The number of benzene rings is 2. The van der Waals surface area contributed by atoms with Crippen LogP contribution in [0.5, 0.6) is 0 Å². The van der Waals surface area contributed by atoms with Crippen molar-refractivity contribution in [2.75, 3.05) is 26.2 Å². The number of rotatable bonds is 9. The van der Waals surface area contributed by atoms with Gasteiger partial charge in [-0.3, -0.25) is 9.59 Å². The van der Waals surface area contributed by atoms with E-state index in [4.69, 9.17) is 0 Å². The molecule has 182 valence electrons. The minimum atomic E-state index is -0.713. The molecule has 1 atom stereocenters. The van der Waals surface area contributed by atoms with Crippen LogP contribution in [0.1, 0.15) is 50.7 Å². The van der Waals surface area contributed by atoms with Gasteiger partial charge in [0.1, 0.15) is 11.6 Å². The zero-order valence-electron chi connectivity index (χ0n) is 20.7. The third kappa shape index (κ3) is 5.69. The van der Waals surface area contributed by atoms with Gasteiger partial charge in [0.05, 0.1) is 0 Å². The predicted molar refractivity (Wildman–Crippen MR) is 136 cm³/mol. The largest absolute Gasteiger partial charge is 0.342 e. The van der Waals surface area contributed by atoms with E-state index in [0.717, 1.165) is 38.9 Å². The van der Waals surface area contributed by atoms with Crippen LogP contribution in [0.2, 0.25) is 0 Å². The standard InChI is InChI=1S/C29H39N3O2/c1-23(2)22-26-27(33)32(19-15-25-12-7-4-8-13-25)29(28(34)30-26)16-20-31(21-17-29)18-9-14-24-10-5-3-6-11-24/h3-8,10-13,23,26H,9,14-22H2,1-2H3,(H,30,34). The van der Waals surface area contributed by atoms with Crippen LogP contribution in [0, 0.1) is 5.92 Å². The van der Waals surface area contributed by atoms with Crippen molar-refractivity contribution < 1.29 is 9.59 Å². The summed E-state index contributed by atoms with van der Waals surface area (Å²) in [5.41, 5.74) is 1.86. The predicted octanol–water partition coefficient (Wildman–Crippen LogP) is 4.07. The molecule has 5 heteroatoms. The number of hydrogen-bond donors (Lipinski definition) is 1. The van der Waals surface area contributed by atoms with Gasteiger partial charge in [-0.15, -0.1) is 0 Å². The molecule has 2 heterocycles. The summed E-state index contributed by atoms with van der Waals surface area (Å²) in [5, 5.41) is 3.12. The SMILES string of the molecule is CC(C)CC1NC(=O)C2(CCN(CCCc3ccccc3)CC2)N(CCc2ccccc2)C1=O. The maximum absolute atomic E-state index is 13.6. The molecule has 0 radical (unpaired) electrons. The molecule has 2 aromatic rings. The Hall–Kier alpha value is -2.66. The summed E-state index contributed by atoms with van der Waals surface area (Å²) in [6, 6.07) is 20.5. The molecule has 0 aromatic heterocycles. The van der Waals surface area contributed by atoms with E-state index in [9.17, 15) is 9.59 Å². The highest BCUT2D eigenvalue weighted by molar-refractivity contribution is 6.00. The molecule has 5 nitrogen and oxygen atoms in total. The number of aryl methyl sites for hydroxylation is 1. The fourth-order valence-electron chi connectivity index (χ4n) is 5.51. The Kier molecular flexibility index (Phi) is 8.04. The van der Waals surface area contributed by atoms with Crippen LogP contribution < -0.4 is 5.32 Å². The molecule has 4 rings (SSSR count).